The number of hydrogen-bond donors (Lipinski definition) is 1. The van der Waals surface area contributed by atoms with Gasteiger partial charge < -0.3 is 19.5 Å². The zero-order valence-electron chi connectivity index (χ0n) is 19.8. The number of aromatic hydroxyl groups is 1. The molecule has 1 amide bonds. The third-order valence-corrected chi connectivity index (χ3v) is 7.55. The summed E-state index contributed by atoms with van der Waals surface area (Å²) in [7, 11) is 0. The number of phenolic OH excluding ortho intramolecular Hbond substituents is 1. The van der Waals surface area contributed by atoms with Crippen molar-refractivity contribution in [3.05, 3.63) is 33.4 Å². The predicted molar refractivity (Wildman–Crippen MR) is 124 cm³/mol. The Morgan fingerprint density at radius 2 is 1.77 bits per heavy atom. The van der Waals surface area contributed by atoms with E-state index in [-0.39, 0.29) is 17.2 Å². The van der Waals surface area contributed by atoms with E-state index in [1.165, 1.54) is 23.5 Å². The highest BCUT2D eigenvalue weighted by molar-refractivity contribution is 6.01. The molecule has 5 rings (SSSR count). The summed E-state index contributed by atoms with van der Waals surface area (Å²) < 4.78 is 10.9. The van der Waals surface area contributed by atoms with Crippen molar-refractivity contribution in [2.75, 3.05) is 13.1 Å². The summed E-state index contributed by atoms with van der Waals surface area (Å²) in [5.74, 6) is 0.140. The third-order valence-electron chi connectivity index (χ3n) is 7.55. The lowest BCUT2D eigenvalue weighted by molar-refractivity contribution is -0.385. The molecule has 0 heterocycles. The molecule has 4 aliphatic rings. The number of nitriles is 1. The van der Waals surface area contributed by atoms with E-state index in [0.717, 1.165) is 31.7 Å². The Hall–Kier alpha value is -3.61. The Morgan fingerprint density at radius 1 is 1.17 bits per heavy atom. The van der Waals surface area contributed by atoms with Crippen LogP contribution in [0.3, 0.4) is 0 Å². The first-order valence-electron chi connectivity index (χ1n) is 12.0. The van der Waals surface area contributed by atoms with Crippen molar-refractivity contribution in [1.82, 2.24) is 4.90 Å². The van der Waals surface area contributed by atoms with E-state index in [9.17, 15) is 30.1 Å². The summed E-state index contributed by atoms with van der Waals surface area (Å²) in [6.45, 7) is 4.30. The number of likely N-dealkylation sites (N-methyl/N-ethyl adjacent to an activating group) is 1. The van der Waals surface area contributed by atoms with Crippen molar-refractivity contribution in [1.29, 1.82) is 5.26 Å². The summed E-state index contributed by atoms with van der Waals surface area (Å²) in [6, 6.07) is 4.00. The highest BCUT2D eigenvalue weighted by Crippen LogP contribution is 2.54. The molecule has 0 radical (unpaired) electrons. The maximum absolute atomic E-state index is 12.6. The van der Waals surface area contributed by atoms with E-state index >= 15 is 0 Å². The zero-order chi connectivity index (χ0) is 25.3. The van der Waals surface area contributed by atoms with E-state index < -0.39 is 34.2 Å². The van der Waals surface area contributed by atoms with Gasteiger partial charge >= 0.3 is 11.8 Å². The van der Waals surface area contributed by atoms with Gasteiger partial charge in [-0.1, -0.05) is 0 Å². The van der Waals surface area contributed by atoms with Crippen molar-refractivity contribution in [3.8, 4) is 17.6 Å². The lowest BCUT2D eigenvalue weighted by atomic mass is 9.55. The molecule has 1 aromatic rings. The van der Waals surface area contributed by atoms with Crippen LogP contribution in [0.4, 0.5) is 10.5 Å². The van der Waals surface area contributed by atoms with Gasteiger partial charge in [-0.25, -0.2) is 4.79 Å². The van der Waals surface area contributed by atoms with Crippen LogP contribution in [0, 0.1) is 45.1 Å². The van der Waals surface area contributed by atoms with Crippen molar-refractivity contribution in [2.24, 2.45) is 23.7 Å². The van der Waals surface area contributed by atoms with Crippen LogP contribution in [-0.2, 0) is 9.53 Å². The van der Waals surface area contributed by atoms with Crippen molar-refractivity contribution in [2.45, 2.75) is 52.1 Å². The smallest absolute Gasteiger partial charge is 0.499 e. The van der Waals surface area contributed by atoms with Gasteiger partial charge in [-0.05, 0) is 87.3 Å². The first kappa shape index (κ1) is 24.5. The fourth-order valence-corrected chi connectivity index (χ4v) is 6.20. The SMILES string of the molecule is CCN(CC)C(=O)C(C#N)=Cc1cc(OC(=O)OC2C3CC4CC(C3)CC2C4)c(O)c([N+](=O)[O-])c1. The van der Waals surface area contributed by atoms with Gasteiger partial charge in [-0.2, -0.15) is 5.26 Å². The summed E-state index contributed by atoms with van der Waals surface area (Å²) in [5.41, 5.74) is -0.899. The molecule has 186 valence electrons. The van der Waals surface area contributed by atoms with E-state index in [2.05, 4.69) is 0 Å². The molecule has 0 aromatic heterocycles. The quantitative estimate of drug-likeness (QED) is 0.150. The Bertz CT molecular complexity index is 1080. The van der Waals surface area contributed by atoms with E-state index in [0.29, 0.717) is 36.8 Å². The number of phenols is 1. The summed E-state index contributed by atoms with van der Waals surface area (Å²) in [4.78, 5) is 37.3. The largest absolute Gasteiger partial charge is 0.514 e. The molecule has 4 bridgehead atoms. The number of rotatable bonds is 7. The lowest BCUT2D eigenvalue weighted by Gasteiger charge is -2.53. The maximum Gasteiger partial charge on any atom is 0.514 e. The summed E-state index contributed by atoms with van der Waals surface area (Å²) in [6.07, 6.45) is 5.24. The second kappa shape index (κ2) is 9.94. The van der Waals surface area contributed by atoms with Crippen LogP contribution in [-0.4, -0.2) is 46.2 Å². The van der Waals surface area contributed by atoms with Crippen molar-refractivity contribution < 1.29 is 29.1 Å². The number of carbonyl (C=O) groups is 2. The van der Waals surface area contributed by atoms with Crippen molar-refractivity contribution in [3.63, 3.8) is 0 Å². The molecular formula is C25H29N3O7. The highest BCUT2D eigenvalue weighted by atomic mass is 16.7. The lowest BCUT2D eigenvalue weighted by Crippen LogP contribution is -2.50. The molecule has 35 heavy (non-hydrogen) atoms. The van der Waals surface area contributed by atoms with Crippen LogP contribution in [0.25, 0.3) is 6.08 Å². The van der Waals surface area contributed by atoms with Gasteiger partial charge in [0.2, 0.25) is 5.75 Å². The summed E-state index contributed by atoms with van der Waals surface area (Å²) >= 11 is 0. The fraction of sp³-hybridized carbons (Fsp3) is 0.560. The van der Waals surface area contributed by atoms with Crippen LogP contribution >= 0.6 is 0 Å². The van der Waals surface area contributed by atoms with Crippen LogP contribution in [0.5, 0.6) is 11.5 Å². The van der Waals surface area contributed by atoms with Gasteiger partial charge in [-0.15, -0.1) is 0 Å². The number of nitro benzene ring substituents is 1. The Morgan fingerprint density at radius 3 is 2.29 bits per heavy atom. The molecule has 0 aliphatic heterocycles. The predicted octanol–water partition coefficient (Wildman–Crippen LogP) is 4.42. The number of nitro groups is 1. The number of nitrogens with zero attached hydrogens (tertiary/aromatic N) is 3. The highest BCUT2D eigenvalue weighted by Gasteiger charge is 2.50. The molecule has 4 saturated carbocycles. The van der Waals surface area contributed by atoms with Crippen LogP contribution < -0.4 is 4.74 Å². The Kier molecular flexibility index (Phi) is 6.96. The molecule has 4 aliphatic carbocycles. The monoisotopic (exact) mass is 483 g/mol. The first-order chi connectivity index (χ1) is 16.7. The Labute approximate surface area is 203 Å². The average molecular weight is 484 g/mol. The van der Waals surface area contributed by atoms with Gasteiger partial charge in [0.25, 0.3) is 5.91 Å². The second-order valence-electron chi connectivity index (χ2n) is 9.66. The molecule has 0 spiro atoms. The standard InChI is InChI=1S/C25H29N3O7/c1-3-27(4-2)24(30)19(13-26)10-16-11-20(28(32)33)22(29)21(12-16)34-25(31)35-23-17-6-14-5-15(8-17)9-18(23)7-14/h10-12,14-15,17-18,23,29H,3-9H2,1-2H3. The Balaban J connectivity index is 1.56. The molecule has 10 heteroatoms. The number of hydrogen-bond acceptors (Lipinski definition) is 8. The molecular weight excluding hydrogens is 454 g/mol. The maximum atomic E-state index is 12.6. The van der Waals surface area contributed by atoms with E-state index in [4.69, 9.17) is 9.47 Å². The summed E-state index contributed by atoms with van der Waals surface area (Å²) in [5, 5.41) is 31.3. The average Bonchev–Trinajstić information content (AvgIpc) is 2.81. The van der Waals surface area contributed by atoms with Gasteiger partial charge in [0.15, 0.2) is 5.75 Å². The van der Waals surface area contributed by atoms with Gasteiger partial charge in [0.05, 0.1) is 4.92 Å². The normalized spacial score (nSPS) is 26.7. The third kappa shape index (κ3) is 4.94. The fourth-order valence-electron chi connectivity index (χ4n) is 6.20. The molecule has 4 fully saturated rings. The van der Waals surface area contributed by atoms with Crippen LogP contribution in [0.2, 0.25) is 0 Å². The number of amides is 1. The number of carbonyl (C=O) groups excluding carboxylic acids is 2. The van der Waals surface area contributed by atoms with Crippen LogP contribution in [0.15, 0.2) is 17.7 Å². The molecule has 1 aromatic carbocycles. The molecule has 10 nitrogen and oxygen atoms in total. The van der Waals surface area contributed by atoms with E-state index in [1.54, 1.807) is 13.8 Å². The number of ether oxygens (including phenoxy) is 2. The molecule has 0 saturated heterocycles. The minimum atomic E-state index is -1.03. The first-order valence-corrected chi connectivity index (χ1v) is 12.0. The zero-order valence-corrected chi connectivity index (χ0v) is 19.8. The molecule has 0 atom stereocenters. The number of benzene rings is 1. The van der Waals surface area contributed by atoms with Crippen LogP contribution in [0.1, 0.15) is 51.5 Å². The van der Waals surface area contributed by atoms with Gasteiger partial charge in [-0.3, -0.25) is 14.9 Å². The minimum absolute atomic E-state index is 0.0592. The van der Waals surface area contributed by atoms with Crippen molar-refractivity contribution >= 4 is 23.8 Å². The second-order valence-corrected chi connectivity index (χ2v) is 9.66. The topological polar surface area (TPSA) is 143 Å². The van der Waals surface area contributed by atoms with Gasteiger partial charge in [0.1, 0.15) is 17.7 Å². The minimum Gasteiger partial charge on any atom is -0.499 e. The molecule has 1 N–H and O–H groups in total. The molecule has 0 unspecified atom stereocenters. The van der Waals surface area contributed by atoms with E-state index in [1.807, 2.05) is 6.07 Å². The van der Waals surface area contributed by atoms with Gasteiger partial charge in [0, 0.05) is 19.2 Å².